The number of fused-ring (bicyclic) bond motifs is 11. The smallest absolute Gasteiger partial charge is 0.196 e. The van der Waals surface area contributed by atoms with Gasteiger partial charge in [0.2, 0.25) is 0 Å². The van der Waals surface area contributed by atoms with Crippen LogP contribution in [0.3, 0.4) is 0 Å². The zero-order valence-electron chi connectivity index (χ0n) is 69.7. The Morgan fingerprint density at radius 3 is 0.667 bits per heavy atom. The van der Waals surface area contributed by atoms with Gasteiger partial charge in [-0.25, -0.2) is 0 Å². The fourth-order valence-corrected chi connectivity index (χ4v) is 17.8. The zero-order valence-corrected chi connectivity index (χ0v) is 69.7. The van der Waals surface area contributed by atoms with Crippen molar-refractivity contribution in [2.75, 3.05) is 26.4 Å². The highest BCUT2D eigenvalue weighted by Gasteiger charge is 2.49. The minimum absolute atomic E-state index is 0.241. The second kappa shape index (κ2) is 34.2. The van der Waals surface area contributed by atoms with Crippen LogP contribution in [0.5, 0.6) is 34.5 Å². The zero-order chi connectivity index (χ0) is 81.6. The summed E-state index contributed by atoms with van der Waals surface area (Å²) < 4.78 is 58.6. The lowest BCUT2D eigenvalue weighted by molar-refractivity contribution is -0.0616. The number of hydrogen-bond acceptors (Lipinski definition) is 10. The van der Waals surface area contributed by atoms with Crippen LogP contribution in [0.1, 0.15) is 164 Å². The van der Waals surface area contributed by atoms with Crippen LogP contribution in [0.25, 0.3) is 54.9 Å². The van der Waals surface area contributed by atoms with Gasteiger partial charge in [0.15, 0.2) is 25.2 Å². The molecule has 0 saturated carbocycles. The van der Waals surface area contributed by atoms with Gasteiger partial charge in [-0.15, -0.1) is 0 Å². The van der Waals surface area contributed by atoms with E-state index < -0.39 is 16.2 Å². The first kappa shape index (κ1) is 80.4. The van der Waals surface area contributed by atoms with Gasteiger partial charge in [-0.3, -0.25) is 0 Å². The lowest BCUT2D eigenvalue weighted by atomic mass is 9.67. The lowest BCUT2D eigenvalue weighted by Crippen LogP contribution is -2.29. The van der Waals surface area contributed by atoms with Crippen LogP contribution in [0.4, 0.5) is 0 Å². The maximum atomic E-state index is 6.14. The quantitative estimate of drug-likeness (QED) is 0.0545. The first-order chi connectivity index (χ1) is 56.7. The molecule has 10 nitrogen and oxygen atoms in total. The van der Waals surface area contributed by atoms with Crippen LogP contribution in [0.15, 0.2) is 315 Å². The summed E-state index contributed by atoms with van der Waals surface area (Å²) in [4.78, 5) is 0. The normalized spacial score (nSPS) is 14.6. The third-order valence-electron chi connectivity index (χ3n) is 22.2. The van der Waals surface area contributed by atoms with Crippen LogP contribution in [-0.4, -0.2) is 62.8 Å². The average Bonchev–Trinajstić information content (AvgIpc) is 1.37. The second-order valence-corrected chi connectivity index (χ2v) is 32.1. The molecule has 0 radical (unpaired) electrons. The Morgan fingerprint density at radius 2 is 0.419 bits per heavy atom. The van der Waals surface area contributed by atoms with E-state index >= 15 is 0 Å². The summed E-state index contributed by atoms with van der Waals surface area (Å²) in [6, 6.07) is 113. The van der Waals surface area contributed by atoms with E-state index in [1.54, 1.807) is 0 Å². The summed E-state index contributed by atoms with van der Waals surface area (Å²) in [5, 5.41) is 4.58. The third-order valence-corrected chi connectivity index (χ3v) is 22.2. The molecular formula is C107H106O10. The van der Waals surface area contributed by atoms with Crippen molar-refractivity contribution in [3.8, 4) is 67.9 Å². The van der Waals surface area contributed by atoms with Crippen LogP contribution >= 0.6 is 0 Å². The number of benzene rings is 14. The molecule has 594 valence electrons. The van der Waals surface area contributed by atoms with Gasteiger partial charge in [0, 0.05) is 26.4 Å². The first-order valence-electron chi connectivity index (χ1n) is 41.3. The Labute approximate surface area is 690 Å². The van der Waals surface area contributed by atoms with Crippen molar-refractivity contribution in [3.63, 3.8) is 0 Å². The van der Waals surface area contributed by atoms with Gasteiger partial charge in [-0.05, 0) is 304 Å². The molecule has 14 aromatic rings. The SMILES string of the molecule is CC(C)(C)Oc1ccc(C2(c3ccc(OC(C)(C)C)cc3)c3ccccc3-c3ccccc32)cc1.CCOC(C)Oc1ccc(C2(c3ccc(OC(C)OCC)cc3)c3ccccc3-c3ccccc32)cc1.CCOC(C)Oc1ccc2cc(C3(c4ccc5cc(OC(C)OCC)ccc5c4)c4ccccc4-c4ccccc43)ccc2c1. The number of ether oxygens (including phenoxy) is 10. The molecule has 4 unspecified atom stereocenters. The summed E-state index contributed by atoms with van der Waals surface area (Å²) >= 11 is 0. The van der Waals surface area contributed by atoms with Crippen LogP contribution in [-0.2, 0) is 35.2 Å². The monoisotopic (exact) mass is 1550 g/mol. The molecule has 0 aliphatic heterocycles. The Bertz CT molecular complexity index is 5420. The molecule has 3 aliphatic carbocycles. The van der Waals surface area contributed by atoms with Crippen LogP contribution < -0.4 is 28.4 Å². The molecule has 0 heterocycles. The van der Waals surface area contributed by atoms with E-state index in [1.165, 1.54) is 100 Å². The molecule has 0 spiro atoms. The molecule has 3 aliphatic rings. The minimum atomic E-state index is -0.493. The Balaban J connectivity index is 0.000000139. The van der Waals surface area contributed by atoms with Crippen LogP contribution in [0, 0.1) is 0 Å². The summed E-state index contributed by atoms with van der Waals surface area (Å²) in [7, 11) is 0. The molecule has 10 heteroatoms. The van der Waals surface area contributed by atoms with E-state index in [0.717, 1.165) is 56.0 Å². The van der Waals surface area contributed by atoms with Gasteiger partial charge in [-0.2, -0.15) is 0 Å². The molecule has 14 aromatic carbocycles. The van der Waals surface area contributed by atoms with Gasteiger partial charge < -0.3 is 47.4 Å². The molecule has 117 heavy (non-hydrogen) atoms. The number of rotatable bonds is 24. The maximum absolute atomic E-state index is 6.14. The largest absolute Gasteiger partial charge is 0.488 e. The molecule has 0 saturated heterocycles. The molecule has 0 N–H and O–H groups in total. The standard InChI is InChI=1S/C41H38O4.C33H34O4.C33H34O2/c1-5-42-27(3)44-35-21-17-29-23-33(19-15-31(29)25-35)41(39-13-9-7-11-37(39)38-12-8-10-14-40(38)41)34-20-16-32-26-36(22-18-30(32)24-34)45-28(4)43-6-2;1-5-34-23(3)36-27-19-15-25(16-20-27)33(26-17-21-28(22-18-26)37-24(4)35-6-2)31-13-9-7-11-29(31)30-12-8-10-14-32(30)33;1-31(2,3)34-25-19-15-23(16-20-25)33(24-17-21-26(22-18-24)35-32(4,5)6)29-13-9-7-11-27(29)28-12-8-10-14-30(28)33/h7-28H,5-6H2,1-4H3;7-24H,5-6H2,1-4H3;7-22H,1-6H3. The van der Waals surface area contributed by atoms with E-state index in [4.69, 9.17) is 47.4 Å². The van der Waals surface area contributed by atoms with E-state index in [2.05, 4.69) is 321 Å². The van der Waals surface area contributed by atoms with Crippen LogP contribution in [0.2, 0.25) is 0 Å². The fraction of sp³-hybridized carbons (Fsp3) is 0.252. The van der Waals surface area contributed by atoms with Crippen molar-refractivity contribution in [1.29, 1.82) is 0 Å². The average molecular weight is 1550 g/mol. The molecule has 0 bridgehead atoms. The Morgan fingerprint density at radius 1 is 0.222 bits per heavy atom. The summed E-state index contributed by atoms with van der Waals surface area (Å²) in [6.45, 7) is 30.5. The first-order valence-corrected chi connectivity index (χ1v) is 41.3. The van der Waals surface area contributed by atoms with Gasteiger partial charge in [-0.1, -0.05) is 231 Å². The third kappa shape index (κ3) is 16.1. The van der Waals surface area contributed by atoms with Crippen molar-refractivity contribution in [2.24, 2.45) is 0 Å². The highest BCUT2D eigenvalue weighted by atomic mass is 16.7. The van der Waals surface area contributed by atoms with E-state index in [-0.39, 0.29) is 36.4 Å². The summed E-state index contributed by atoms with van der Waals surface area (Å²) in [6.07, 6.45) is -1.20. The predicted molar refractivity (Wildman–Crippen MR) is 474 cm³/mol. The van der Waals surface area contributed by atoms with E-state index in [0.29, 0.717) is 26.4 Å². The molecule has 4 atom stereocenters. The highest BCUT2D eigenvalue weighted by molar-refractivity contribution is 5.93. The Kier molecular flexibility index (Phi) is 23.5. The summed E-state index contributed by atoms with van der Waals surface area (Å²) in [5.41, 5.74) is 20.7. The molecule has 0 amide bonds. The molecule has 0 fully saturated rings. The van der Waals surface area contributed by atoms with Crippen molar-refractivity contribution in [1.82, 2.24) is 0 Å². The lowest BCUT2D eigenvalue weighted by Gasteiger charge is -2.34. The topological polar surface area (TPSA) is 92.3 Å². The van der Waals surface area contributed by atoms with Gasteiger partial charge in [0.25, 0.3) is 0 Å². The number of hydrogen-bond donors (Lipinski definition) is 0. The van der Waals surface area contributed by atoms with Crippen molar-refractivity contribution < 1.29 is 47.4 Å². The van der Waals surface area contributed by atoms with Crippen molar-refractivity contribution in [3.05, 3.63) is 382 Å². The Hall–Kier alpha value is -11.8. The van der Waals surface area contributed by atoms with Gasteiger partial charge in [0.1, 0.15) is 45.7 Å². The van der Waals surface area contributed by atoms with E-state index in [9.17, 15) is 0 Å². The highest BCUT2D eigenvalue weighted by Crippen LogP contribution is 2.60. The second-order valence-electron chi connectivity index (χ2n) is 32.1. The fourth-order valence-electron chi connectivity index (χ4n) is 17.8. The van der Waals surface area contributed by atoms with Crippen molar-refractivity contribution >= 4 is 21.5 Å². The summed E-state index contributed by atoms with van der Waals surface area (Å²) in [5.74, 6) is 4.93. The van der Waals surface area contributed by atoms with Crippen molar-refractivity contribution in [2.45, 2.75) is 150 Å². The van der Waals surface area contributed by atoms with E-state index in [1.807, 2.05) is 91.8 Å². The molecular weight excluding hydrogens is 1450 g/mol. The van der Waals surface area contributed by atoms with Gasteiger partial charge in [0.05, 0.1) is 16.2 Å². The molecule has 17 rings (SSSR count). The maximum Gasteiger partial charge on any atom is 0.196 e. The predicted octanol–water partition coefficient (Wildman–Crippen LogP) is 25.9. The molecule has 0 aromatic heterocycles. The minimum Gasteiger partial charge on any atom is -0.488 e. The van der Waals surface area contributed by atoms with Gasteiger partial charge >= 0.3 is 0 Å².